The van der Waals surface area contributed by atoms with Crippen LogP contribution in [0.4, 0.5) is 5.69 Å². The molecule has 0 aromatic heterocycles. The van der Waals surface area contributed by atoms with Crippen LogP contribution in [-0.2, 0) is 24.1 Å². The molecule has 1 aliphatic carbocycles. The van der Waals surface area contributed by atoms with Crippen molar-refractivity contribution < 1.29 is 24.4 Å². The van der Waals surface area contributed by atoms with Crippen LogP contribution in [0.15, 0.2) is 66.7 Å². The first-order chi connectivity index (χ1) is 20.0. The Morgan fingerprint density at radius 3 is 2.20 bits per heavy atom. The molecule has 0 amide bonds. The van der Waals surface area contributed by atoms with E-state index in [1.54, 1.807) is 20.3 Å². The number of anilines is 1. The van der Waals surface area contributed by atoms with Crippen molar-refractivity contribution in [3.8, 4) is 30.1 Å². The lowest BCUT2D eigenvalue weighted by Gasteiger charge is -2.24. The average Bonchev–Trinajstić information content (AvgIpc) is 3.02. The molecule has 7 heteroatoms. The number of aromatic hydroxyl groups is 1. The third kappa shape index (κ3) is 12.1. The van der Waals surface area contributed by atoms with E-state index in [-0.39, 0.29) is 6.61 Å². The van der Waals surface area contributed by atoms with Crippen molar-refractivity contribution in [1.82, 2.24) is 4.90 Å². The summed E-state index contributed by atoms with van der Waals surface area (Å²) in [6.07, 6.45) is 12.9. The molecule has 222 valence electrons. The number of aryl methyl sites for hydroxylation is 2. The highest BCUT2D eigenvalue weighted by Crippen LogP contribution is 2.25. The van der Waals surface area contributed by atoms with E-state index in [4.69, 9.17) is 14.2 Å². The first-order valence-corrected chi connectivity index (χ1v) is 14.1. The van der Waals surface area contributed by atoms with E-state index >= 15 is 0 Å². The maximum absolute atomic E-state index is 9.44. The molecule has 41 heavy (non-hydrogen) atoms. The van der Waals surface area contributed by atoms with Gasteiger partial charge in [0, 0.05) is 45.0 Å². The molecular formula is C34H46N2O5. The zero-order valence-electron chi connectivity index (χ0n) is 24.8. The number of nitrogens with zero attached hydrogens (tertiary/aromatic N) is 2. The summed E-state index contributed by atoms with van der Waals surface area (Å²) in [5, 5.41) is 18.6. The average molecular weight is 563 g/mol. The lowest BCUT2D eigenvalue weighted by molar-refractivity contribution is 0.150. The largest absolute Gasteiger partial charge is 0.508 e. The van der Waals surface area contributed by atoms with Crippen molar-refractivity contribution in [3.05, 3.63) is 83.4 Å². The minimum absolute atomic E-state index is 0.0923. The Hall–Kier alpha value is -3.70. The molecule has 0 spiro atoms. The number of rotatable bonds is 13. The Labute approximate surface area is 246 Å². The molecule has 0 radical (unpaired) electrons. The molecular weight excluding hydrogens is 516 g/mol. The molecule has 0 heterocycles. The van der Waals surface area contributed by atoms with Crippen LogP contribution < -0.4 is 14.4 Å². The number of benzene rings is 3. The number of aliphatic hydroxyl groups is 1. The van der Waals surface area contributed by atoms with Crippen molar-refractivity contribution in [1.29, 1.82) is 0 Å². The predicted molar refractivity (Wildman–Crippen MR) is 167 cm³/mol. The fourth-order valence-electron chi connectivity index (χ4n) is 4.54. The highest BCUT2D eigenvalue weighted by atomic mass is 16.5. The molecule has 7 nitrogen and oxygen atoms in total. The number of aliphatic hydroxyl groups excluding tert-OH is 1. The monoisotopic (exact) mass is 562 g/mol. The second-order valence-corrected chi connectivity index (χ2v) is 9.80. The standard InChI is InChI=1S/C22H32N2O4.C10H12O.C2H2/c1-23(12-15-26-2)13-16-28-21-9-7-19(8-10-21)18-24(11-14-25)20-5-4-6-22(17-20)27-3;11-10-6-5-8-3-1-2-4-9(8)7-10;1-2/h4-10,17,25H,11-16,18H2,1-3H3;5-7,11H,1-4H2;1-2H. The van der Waals surface area contributed by atoms with E-state index in [0.29, 0.717) is 25.4 Å². The molecule has 0 fully saturated rings. The number of fused-ring (bicyclic) bond motifs is 1. The molecule has 3 aromatic carbocycles. The van der Waals surface area contributed by atoms with E-state index in [9.17, 15) is 10.2 Å². The van der Waals surface area contributed by atoms with E-state index < -0.39 is 0 Å². The van der Waals surface area contributed by atoms with Crippen molar-refractivity contribution in [2.45, 2.75) is 32.2 Å². The van der Waals surface area contributed by atoms with E-state index in [1.807, 2.05) is 48.5 Å². The summed E-state index contributed by atoms with van der Waals surface area (Å²) in [7, 11) is 5.42. The number of phenols is 1. The molecule has 0 saturated carbocycles. The smallest absolute Gasteiger partial charge is 0.120 e. The van der Waals surface area contributed by atoms with Gasteiger partial charge >= 0.3 is 0 Å². The van der Waals surface area contributed by atoms with Gasteiger partial charge in [0.25, 0.3) is 0 Å². The lowest BCUT2D eigenvalue weighted by atomic mass is 9.92. The number of ether oxygens (including phenoxy) is 3. The third-order valence-electron chi connectivity index (χ3n) is 6.84. The van der Waals surface area contributed by atoms with E-state index in [0.717, 1.165) is 48.9 Å². The topological polar surface area (TPSA) is 74.6 Å². The van der Waals surface area contributed by atoms with Crippen LogP contribution in [-0.4, -0.2) is 75.8 Å². The Morgan fingerprint density at radius 2 is 1.51 bits per heavy atom. The molecule has 0 bridgehead atoms. The predicted octanol–water partition coefficient (Wildman–Crippen LogP) is 5.17. The van der Waals surface area contributed by atoms with E-state index in [2.05, 4.69) is 41.8 Å². The number of phenolic OH excluding ortho intramolecular Hbond substituents is 1. The van der Waals surface area contributed by atoms with Gasteiger partial charge in [-0.25, -0.2) is 0 Å². The van der Waals surface area contributed by atoms with Gasteiger partial charge in [0.15, 0.2) is 0 Å². The van der Waals surface area contributed by atoms with Crippen LogP contribution in [0.1, 0.15) is 29.5 Å². The Bertz CT molecular complexity index is 1150. The van der Waals surface area contributed by atoms with Crippen LogP contribution >= 0.6 is 0 Å². The molecule has 0 atom stereocenters. The Balaban J connectivity index is 0.000000372. The van der Waals surface area contributed by atoms with Crippen molar-refractivity contribution in [2.75, 3.05) is 65.6 Å². The molecule has 1 aliphatic rings. The van der Waals surface area contributed by atoms with Gasteiger partial charge in [-0.05, 0) is 85.8 Å². The number of terminal acetylenes is 1. The summed E-state index contributed by atoms with van der Waals surface area (Å²) in [5.41, 5.74) is 4.94. The van der Waals surface area contributed by atoms with Crippen LogP contribution in [0.2, 0.25) is 0 Å². The summed E-state index contributed by atoms with van der Waals surface area (Å²) in [4.78, 5) is 4.31. The van der Waals surface area contributed by atoms with Gasteiger partial charge in [-0.2, -0.15) is 0 Å². The Morgan fingerprint density at radius 1 is 0.805 bits per heavy atom. The summed E-state index contributed by atoms with van der Waals surface area (Å²) in [5.74, 6) is 2.07. The molecule has 2 N–H and O–H groups in total. The van der Waals surface area contributed by atoms with Gasteiger partial charge in [0.2, 0.25) is 0 Å². The highest BCUT2D eigenvalue weighted by molar-refractivity contribution is 5.51. The normalized spacial score (nSPS) is 11.8. The summed E-state index contributed by atoms with van der Waals surface area (Å²) < 4.78 is 16.2. The quantitative estimate of drug-likeness (QED) is 0.279. The third-order valence-corrected chi connectivity index (χ3v) is 6.84. The maximum Gasteiger partial charge on any atom is 0.120 e. The van der Waals surface area contributed by atoms with Crippen molar-refractivity contribution in [3.63, 3.8) is 0 Å². The van der Waals surface area contributed by atoms with Gasteiger partial charge in [-0.3, -0.25) is 0 Å². The molecule has 4 rings (SSSR count). The molecule has 0 aliphatic heterocycles. The van der Waals surface area contributed by atoms with Gasteiger partial charge in [-0.15, -0.1) is 12.8 Å². The first-order valence-electron chi connectivity index (χ1n) is 14.1. The first kappa shape index (κ1) is 33.5. The zero-order valence-corrected chi connectivity index (χ0v) is 24.8. The fraction of sp³-hybridized carbons (Fsp3) is 0.412. The highest BCUT2D eigenvalue weighted by Gasteiger charge is 2.10. The van der Waals surface area contributed by atoms with Gasteiger partial charge in [0.1, 0.15) is 23.9 Å². The minimum Gasteiger partial charge on any atom is -0.508 e. The summed E-state index contributed by atoms with van der Waals surface area (Å²) in [6, 6.07) is 21.7. The number of hydrogen-bond acceptors (Lipinski definition) is 7. The maximum atomic E-state index is 9.44. The van der Waals surface area contributed by atoms with Crippen LogP contribution in [0, 0.1) is 12.8 Å². The van der Waals surface area contributed by atoms with Crippen molar-refractivity contribution >= 4 is 5.69 Å². The number of likely N-dealkylation sites (N-methyl/N-ethyl adjacent to an activating group) is 1. The SMILES string of the molecule is C#C.COCCN(C)CCOc1ccc(CN(CCO)c2cccc(OC)c2)cc1.Oc1ccc2c(c1)CCCC2. The zero-order chi connectivity index (χ0) is 29.9. The van der Waals surface area contributed by atoms with Gasteiger partial charge < -0.3 is 34.2 Å². The second-order valence-electron chi connectivity index (χ2n) is 9.80. The summed E-state index contributed by atoms with van der Waals surface area (Å²) in [6.45, 7) is 4.46. The molecule has 0 unspecified atom stereocenters. The number of methoxy groups -OCH3 is 2. The second kappa shape index (κ2) is 19.4. The van der Waals surface area contributed by atoms with Gasteiger partial charge in [0.05, 0.1) is 20.3 Å². The van der Waals surface area contributed by atoms with Gasteiger partial charge in [-0.1, -0.05) is 24.3 Å². The summed E-state index contributed by atoms with van der Waals surface area (Å²) >= 11 is 0. The number of hydrogen-bond donors (Lipinski definition) is 2. The lowest BCUT2D eigenvalue weighted by Crippen LogP contribution is -2.27. The molecule has 0 saturated heterocycles. The fourth-order valence-corrected chi connectivity index (χ4v) is 4.54. The van der Waals surface area contributed by atoms with Crippen LogP contribution in [0.3, 0.4) is 0 Å². The molecule has 3 aromatic rings. The van der Waals surface area contributed by atoms with E-state index in [1.165, 1.54) is 30.4 Å². The van der Waals surface area contributed by atoms with Crippen LogP contribution in [0.25, 0.3) is 0 Å². The van der Waals surface area contributed by atoms with Crippen molar-refractivity contribution in [2.24, 2.45) is 0 Å². The van der Waals surface area contributed by atoms with Crippen LogP contribution in [0.5, 0.6) is 17.2 Å². The Kier molecular flexibility index (Phi) is 15.8. The minimum atomic E-state index is 0.0923.